The van der Waals surface area contributed by atoms with Crippen LogP contribution >= 0.6 is 12.2 Å². The van der Waals surface area contributed by atoms with E-state index in [-0.39, 0.29) is 16.4 Å². The molecule has 43 heavy (non-hydrogen) atoms. The lowest BCUT2D eigenvalue weighted by Crippen LogP contribution is -2.54. The van der Waals surface area contributed by atoms with Crippen molar-refractivity contribution in [2.24, 2.45) is 0 Å². The molecule has 210 valence electrons. The van der Waals surface area contributed by atoms with E-state index in [4.69, 9.17) is 12.2 Å². The third-order valence-electron chi connectivity index (χ3n) is 7.16. The number of thiocarbonyl (C=S) groups is 1. The van der Waals surface area contributed by atoms with E-state index in [0.29, 0.717) is 22.6 Å². The molecule has 1 N–H and O–H groups in total. The van der Waals surface area contributed by atoms with Gasteiger partial charge in [0.1, 0.15) is 5.57 Å². The minimum Gasteiger partial charge on any atom is -0.309 e. The van der Waals surface area contributed by atoms with Crippen LogP contribution in [0.3, 0.4) is 0 Å². The zero-order valence-corrected chi connectivity index (χ0v) is 23.7. The Morgan fingerprint density at radius 3 is 1.98 bits per heavy atom. The number of nitro groups is 1. The third-order valence-corrected chi connectivity index (χ3v) is 7.44. The minimum atomic E-state index is -0.596. The van der Waals surface area contributed by atoms with Crippen molar-refractivity contribution in [3.8, 4) is 28.2 Å². The molecule has 5 aromatic rings. The SMILES string of the molecule is Cc1ccc(N2C(=O)C(=Cc3cc(-c4ccccc4)n(-c4ccc([N+](=O)[O-])cc4)c3-c3ccccc3)C(=O)NC2=S)cc1. The maximum Gasteiger partial charge on any atom is 0.270 e. The van der Waals surface area contributed by atoms with Crippen LogP contribution in [0.4, 0.5) is 11.4 Å². The number of hydrogen-bond acceptors (Lipinski definition) is 5. The molecule has 0 aliphatic carbocycles. The lowest BCUT2D eigenvalue weighted by atomic mass is 10.0. The van der Waals surface area contributed by atoms with Gasteiger partial charge in [0.15, 0.2) is 5.11 Å². The van der Waals surface area contributed by atoms with Crippen LogP contribution in [0.15, 0.2) is 121 Å². The highest BCUT2D eigenvalue weighted by molar-refractivity contribution is 7.80. The van der Waals surface area contributed by atoms with Gasteiger partial charge in [-0.1, -0.05) is 78.4 Å². The van der Waals surface area contributed by atoms with Crippen molar-refractivity contribution in [1.29, 1.82) is 0 Å². The van der Waals surface area contributed by atoms with Crippen LogP contribution in [0, 0.1) is 17.0 Å². The lowest BCUT2D eigenvalue weighted by Gasteiger charge is -2.29. The molecule has 0 atom stereocenters. The normalized spacial score (nSPS) is 14.2. The number of carbonyl (C=O) groups excluding carboxylic acids is 2. The topological polar surface area (TPSA) is 97.5 Å². The van der Waals surface area contributed by atoms with Crippen LogP contribution in [0.25, 0.3) is 34.3 Å². The predicted molar refractivity (Wildman–Crippen MR) is 171 cm³/mol. The molecular formula is C34H24N4O4S. The number of rotatable bonds is 6. The molecule has 0 unspecified atom stereocenters. The number of hydrogen-bond donors (Lipinski definition) is 1. The van der Waals surface area contributed by atoms with Crippen molar-refractivity contribution in [2.45, 2.75) is 6.92 Å². The fourth-order valence-corrected chi connectivity index (χ4v) is 5.37. The highest BCUT2D eigenvalue weighted by atomic mass is 32.1. The molecule has 0 saturated carbocycles. The van der Waals surface area contributed by atoms with Crippen molar-refractivity contribution in [1.82, 2.24) is 9.88 Å². The van der Waals surface area contributed by atoms with E-state index >= 15 is 0 Å². The molecule has 6 rings (SSSR count). The van der Waals surface area contributed by atoms with E-state index in [1.54, 1.807) is 30.3 Å². The van der Waals surface area contributed by atoms with E-state index < -0.39 is 16.7 Å². The monoisotopic (exact) mass is 584 g/mol. The Morgan fingerprint density at radius 2 is 1.37 bits per heavy atom. The number of nitrogens with zero attached hydrogens (tertiary/aromatic N) is 3. The Balaban J connectivity index is 1.59. The van der Waals surface area contributed by atoms with Gasteiger partial charge in [-0.15, -0.1) is 0 Å². The zero-order chi connectivity index (χ0) is 30.1. The van der Waals surface area contributed by atoms with Crippen molar-refractivity contribution < 1.29 is 14.5 Å². The molecule has 1 aliphatic heterocycles. The van der Waals surface area contributed by atoms with Gasteiger partial charge in [-0.25, -0.2) is 0 Å². The fourth-order valence-electron chi connectivity index (χ4n) is 5.09. The van der Waals surface area contributed by atoms with E-state index in [0.717, 1.165) is 22.4 Å². The first-order chi connectivity index (χ1) is 20.8. The molecular weight excluding hydrogens is 560 g/mol. The molecule has 1 saturated heterocycles. The summed E-state index contributed by atoms with van der Waals surface area (Å²) in [6.07, 6.45) is 1.58. The second-order valence-electron chi connectivity index (χ2n) is 9.97. The van der Waals surface area contributed by atoms with Crippen LogP contribution in [-0.2, 0) is 9.59 Å². The second-order valence-corrected chi connectivity index (χ2v) is 10.4. The summed E-state index contributed by atoms with van der Waals surface area (Å²) >= 11 is 5.39. The number of carbonyl (C=O) groups is 2. The molecule has 0 bridgehead atoms. The van der Waals surface area contributed by atoms with Crippen LogP contribution in [-0.4, -0.2) is 26.4 Å². The van der Waals surface area contributed by atoms with E-state index in [2.05, 4.69) is 5.32 Å². The number of benzene rings is 4. The molecule has 2 amide bonds. The fraction of sp³-hybridized carbons (Fsp3) is 0.0294. The Hall–Kier alpha value is -5.67. The Labute approximate surface area is 252 Å². The van der Waals surface area contributed by atoms with Gasteiger partial charge in [-0.05, 0) is 66.7 Å². The van der Waals surface area contributed by atoms with Crippen molar-refractivity contribution in [3.63, 3.8) is 0 Å². The van der Waals surface area contributed by atoms with Gasteiger partial charge >= 0.3 is 0 Å². The second kappa shape index (κ2) is 11.3. The number of aromatic nitrogens is 1. The first kappa shape index (κ1) is 27.5. The first-order valence-electron chi connectivity index (χ1n) is 13.4. The molecule has 1 aromatic heterocycles. The molecule has 2 heterocycles. The number of aryl methyl sites for hydroxylation is 1. The van der Waals surface area contributed by atoms with Crippen molar-refractivity contribution in [3.05, 3.63) is 142 Å². The highest BCUT2D eigenvalue weighted by Gasteiger charge is 2.35. The number of non-ortho nitro benzene ring substituents is 1. The van der Waals surface area contributed by atoms with Crippen LogP contribution in [0.2, 0.25) is 0 Å². The van der Waals surface area contributed by atoms with Gasteiger partial charge in [0, 0.05) is 23.4 Å². The standard InChI is InChI=1S/C34H24N4O4S/c1-22-12-14-27(15-13-22)37-33(40)29(32(39)35-34(37)43)20-25-21-30(23-8-4-2-5-9-23)36(31(25)24-10-6-3-7-11-24)26-16-18-28(19-17-26)38(41)42/h2-21H,1H3,(H,35,39,43). The molecule has 0 radical (unpaired) electrons. The third kappa shape index (κ3) is 5.25. The summed E-state index contributed by atoms with van der Waals surface area (Å²) in [5.41, 5.74) is 5.92. The molecule has 1 aliphatic rings. The molecule has 1 fully saturated rings. The first-order valence-corrected chi connectivity index (χ1v) is 13.8. The smallest absolute Gasteiger partial charge is 0.270 e. The zero-order valence-electron chi connectivity index (χ0n) is 22.9. The lowest BCUT2D eigenvalue weighted by molar-refractivity contribution is -0.384. The summed E-state index contributed by atoms with van der Waals surface area (Å²) in [6, 6.07) is 34.7. The largest absolute Gasteiger partial charge is 0.309 e. The summed E-state index contributed by atoms with van der Waals surface area (Å²) in [5, 5.41) is 14.1. The van der Waals surface area contributed by atoms with Gasteiger partial charge in [-0.3, -0.25) is 29.9 Å². The molecule has 9 heteroatoms. The Bertz CT molecular complexity index is 1910. The average molecular weight is 585 g/mol. The summed E-state index contributed by atoms with van der Waals surface area (Å²) in [6.45, 7) is 1.94. The Kier molecular flexibility index (Phi) is 7.23. The van der Waals surface area contributed by atoms with E-state index in [1.165, 1.54) is 17.0 Å². The number of nitro benzene ring substituents is 1. The van der Waals surface area contributed by atoms with Crippen LogP contribution in [0.5, 0.6) is 0 Å². The summed E-state index contributed by atoms with van der Waals surface area (Å²) in [4.78, 5) is 39.4. The number of anilines is 1. The average Bonchev–Trinajstić information content (AvgIpc) is 3.40. The maximum atomic E-state index is 13.9. The molecule has 8 nitrogen and oxygen atoms in total. The Morgan fingerprint density at radius 1 is 0.791 bits per heavy atom. The summed E-state index contributed by atoms with van der Waals surface area (Å²) in [7, 11) is 0. The van der Waals surface area contributed by atoms with Gasteiger partial charge in [-0.2, -0.15) is 0 Å². The van der Waals surface area contributed by atoms with Gasteiger partial charge < -0.3 is 4.57 Å². The van der Waals surface area contributed by atoms with E-state index in [9.17, 15) is 19.7 Å². The van der Waals surface area contributed by atoms with Crippen molar-refractivity contribution >= 4 is 46.6 Å². The summed E-state index contributed by atoms with van der Waals surface area (Å²) in [5.74, 6) is -1.14. The van der Waals surface area contributed by atoms with Crippen LogP contribution < -0.4 is 10.2 Å². The van der Waals surface area contributed by atoms with Crippen molar-refractivity contribution in [2.75, 3.05) is 4.90 Å². The quantitative estimate of drug-likeness (QED) is 0.0773. The predicted octanol–water partition coefficient (Wildman–Crippen LogP) is 6.86. The number of nitrogens with one attached hydrogen (secondary N) is 1. The van der Waals surface area contributed by atoms with Gasteiger partial charge in [0.2, 0.25) is 0 Å². The highest BCUT2D eigenvalue weighted by Crippen LogP contribution is 2.38. The van der Waals surface area contributed by atoms with Crippen LogP contribution in [0.1, 0.15) is 11.1 Å². The van der Waals surface area contributed by atoms with Gasteiger partial charge in [0.25, 0.3) is 17.5 Å². The van der Waals surface area contributed by atoms with E-state index in [1.807, 2.05) is 90.4 Å². The summed E-state index contributed by atoms with van der Waals surface area (Å²) < 4.78 is 1.98. The minimum absolute atomic E-state index is 0.00714. The van der Waals surface area contributed by atoms with Gasteiger partial charge in [0.05, 0.1) is 22.0 Å². The molecule has 0 spiro atoms. The maximum absolute atomic E-state index is 13.9. The number of amides is 2. The molecule has 4 aromatic carbocycles.